The lowest BCUT2D eigenvalue weighted by molar-refractivity contribution is -0.105. The molecular formula is C34H36FN5O4. The van der Waals surface area contributed by atoms with Crippen LogP contribution in [0.3, 0.4) is 0 Å². The van der Waals surface area contributed by atoms with Crippen molar-refractivity contribution in [3.63, 3.8) is 0 Å². The van der Waals surface area contributed by atoms with E-state index in [4.69, 9.17) is 14.3 Å². The first-order valence-corrected chi connectivity index (χ1v) is 14.9. The third-order valence-corrected chi connectivity index (χ3v) is 8.05. The summed E-state index contributed by atoms with van der Waals surface area (Å²) in [5.74, 6) is 0.827. The quantitative estimate of drug-likeness (QED) is 0.254. The first-order chi connectivity index (χ1) is 21.5. The van der Waals surface area contributed by atoms with Crippen LogP contribution in [0.25, 0.3) is 6.08 Å². The van der Waals surface area contributed by atoms with Crippen molar-refractivity contribution >= 4 is 29.9 Å². The van der Waals surface area contributed by atoms with E-state index in [-0.39, 0.29) is 24.4 Å². The van der Waals surface area contributed by atoms with Gasteiger partial charge in [0.25, 0.3) is 0 Å². The molecule has 0 radical (unpaired) electrons. The van der Waals surface area contributed by atoms with E-state index in [9.17, 15) is 9.18 Å². The van der Waals surface area contributed by atoms with Gasteiger partial charge in [-0.1, -0.05) is 41.6 Å². The van der Waals surface area contributed by atoms with E-state index in [0.29, 0.717) is 25.2 Å². The molecule has 1 N–H and O–H groups in total. The van der Waals surface area contributed by atoms with Crippen LogP contribution in [0.2, 0.25) is 0 Å². The van der Waals surface area contributed by atoms with Crippen molar-refractivity contribution in [3.05, 3.63) is 101 Å². The molecule has 0 aliphatic carbocycles. The molecule has 3 aliphatic heterocycles. The third kappa shape index (κ3) is 6.03. The Bertz CT molecular complexity index is 1580. The van der Waals surface area contributed by atoms with Crippen molar-refractivity contribution < 1.29 is 23.5 Å². The molecule has 1 saturated heterocycles. The molecule has 10 heteroatoms. The minimum absolute atomic E-state index is 0.187. The molecule has 2 atom stereocenters. The zero-order valence-electron chi connectivity index (χ0n) is 24.9. The molecular weight excluding hydrogens is 561 g/mol. The maximum atomic E-state index is 13.9. The van der Waals surface area contributed by atoms with Crippen LogP contribution in [-0.4, -0.2) is 69.0 Å². The van der Waals surface area contributed by atoms with Gasteiger partial charge in [0.1, 0.15) is 18.2 Å². The summed E-state index contributed by atoms with van der Waals surface area (Å²) in [5, 5.41) is 7.96. The highest BCUT2D eigenvalue weighted by Crippen LogP contribution is 2.40. The summed E-state index contributed by atoms with van der Waals surface area (Å²) in [4.78, 5) is 27.3. The number of carbonyl (C=O) groups is 1. The highest BCUT2D eigenvalue weighted by molar-refractivity contribution is 6.03. The molecule has 3 aromatic carbocycles. The Balaban J connectivity index is 1.19. The number of aliphatic imine (C=N–C) groups is 1. The number of anilines is 1. The van der Waals surface area contributed by atoms with Crippen molar-refractivity contribution in [2.75, 3.05) is 44.8 Å². The van der Waals surface area contributed by atoms with Gasteiger partial charge in [-0.3, -0.25) is 4.99 Å². The molecule has 0 saturated carbocycles. The van der Waals surface area contributed by atoms with Crippen LogP contribution in [0, 0.1) is 5.82 Å². The number of hydrogen-bond donors (Lipinski definition) is 1. The minimum Gasteiger partial charge on any atom is -0.495 e. The Kier molecular flexibility index (Phi) is 8.60. The number of hydrogen-bond acceptors (Lipinski definition) is 9. The van der Waals surface area contributed by atoms with Crippen LogP contribution in [0.1, 0.15) is 41.3 Å². The number of halogens is 1. The van der Waals surface area contributed by atoms with Gasteiger partial charge < -0.3 is 29.4 Å². The Morgan fingerprint density at radius 3 is 2.73 bits per heavy atom. The van der Waals surface area contributed by atoms with Gasteiger partial charge in [-0.2, -0.15) is 0 Å². The van der Waals surface area contributed by atoms with E-state index in [1.165, 1.54) is 12.1 Å². The Morgan fingerprint density at radius 1 is 1.16 bits per heavy atom. The average molecular weight is 598 g/mol. The SMILES string of the molecule is COc1cc(/C=C2\CCCN3C2=NO[C@]3(CNCCOC(=O)c2ccccc2)c2ccc(F)cc2)ccc1N1C=NC(C)C1. The average Bonchev–Trinajstić information content (AvgIpc) is 3.66. The highest BCUT2D eigenvalue weighted by Gasteiger charge is 2.49. The number of carbonyl (C=O) groups excluding carboxylic acids is 1. The molecule has 3 aromatic rings. The summed E-state index contributed by atoms with van der Waals surface area (Å²) < 4.78 is 25.1. The lowest BCUT2D eigenvalue weighted by Crippen LogP contribution is -2.54. The van der Waals surface area contributed by atoms with Crippen molar-refractivity contribution in [2.24, 2.45) is 10.1 Å². The largest absolute Gasteiger partial charge is 0.495 e. The van der Waals surface area contributed by atoms with Crippen LogP contribution >= 0.6 is 0 Å². The summed E-state index contributed by atoms with van der Waals surface area (Å²) in [5.41, 5.74) is 3.31. The Hall–Kier alpha value is -4.70. The molecule has 44 heavy (non-hydrogen) atoms. The number of methoxy groups -OCH3 is 1. The number of piperidine rings is 1. The van der Waals surface area contributed by atoms with E-state index in [1.54, 1.807) is 43.5 Å². The van der Waals surface area contributed by atoms with E-state index in [1.807, 2.05) is 18.5 Å². The first kappa shape index (κ1) is 29.4. The van der Waals surface area contributed by atoms with Crippen LogP contribution < -0.4 is 15.0 Å². The van der Waals surface area contributed by atoms with Gasteiger partial charge in [0.2, 0.25) is 5.72 Å². The molecule has 6 rings (SSSR count). The summed E-state index contributed by atoms with van der Waals surface area (Å²) in [6.45, 7) is 4.56. The topological polar surface area (TPSA) is 88.0 Å². The van der Waals surface area contributed by atoms with Gasteiger partial charge in [0.15, 0.2) is 5.84 Å². The zero-order valence-corrected chi connectivity index (χ0v) is 24.9. The highest BCUT2D eigenvalue weighted by atomic mass is 19.1. The molecule has 228 valence electrons. The zero-order chi connectivity index (χ0) is 30.5. The number of fused-ring (bicyclic) bond motifs is 1. The monoisotopic (exact) mass is 597 g/mol. The van der Waals surface area contributed by atoms with Crippen LogP contribution in [-0.2, 0) is 15.3 Å². The number of nitrogens with zero attached hydrogens (tertiary/aromatic N) is 4. The number of amidine groups is 1. The maximum absolute atomic E-state index is 13.9. The van der Waals surface area contributed by atoms with E-state index >= 15 is 0 Å². The van der Waals surface area contributed by atoms with E-state index in [2.05, 4.69) is 50.4 Å². The standard InChI is InChI=1S/C34H36FN5O4/c1-24-21-39(23-37-24)30-15-10-25(20-31(30)42-2)19-27-9-6-17-40-32(27)38-44-34(40,28-11-13-29(35)14-12-28)22-36-16-18-43-33(41)26-7-4-3-5-8-26/h3-5,7-8,10-15,19-20,23-24,36H,6,9,16-18,21-22H2,1-2H3/b27-19+/t24?,34-/m1/s1. The Labute approximate surface area is 256 Å². The number of benzene rings is 3. The number of esters is 1. The molecule has 9 nitrogen and oxygen atoms in total. The smallest absolute Gasteiger partial charge is 0.338 e. The van der Waals surface area contributed by atoms with Crippen LogP contribution in [0.4, 0.5) is 10.1 Å². The van der Waals surface area contributed by atoms with Gasteiger partial charge in [-0.25, -0.2) is 9.18 Å². The van der Waals surface area contributed by atoms with Gasteiger partial charge >= 0.3 is 5.97 Å². The number of rotatable bonds is 10. The molecule has 3 aliphatic rings. The van der Waals surface area contributed by atoms with Gasteiger partial charge in [-0.15, -0.1) is 0 Å². The second kappa shape index (κ2) is 12.9. The van der Waals surface area contributed by atoms with Crippen LogP contribution in [0.5, 0.6) is 5.75 Å². The van der Waals surface area contributed by atoms with E-state index < -0.39 is 5.72 Å². The second-order valence-corrected chi connectivity index (χ2v) is 11.1. The summed E-state index contributed by atoms with van der Waals surface area (Å²) in [6.07, 6.45) is 5.71. The van der Waals surface area contributed by atoms with Crippen LogP contribution in [0.15, 0.2) is 88.5 Å². The maximum Gasteiger partial charge on any atom is 0.338 e. The molecule has 1 fully saturated rings. The Morgan fingerprint density at radius 2 is 1.98 bits per heavy atom. The molecule has 0 bridgehead atoms. The van der Waals surface area contributed by atoms with Gasteiger partial charge in [-0.05, 0) is 73.4 Å². The fraction of sp³-hybridized carbons (Fsp3) is 0.324. The third-order valence-electron chi connectivity index (χ3n) is 8.05. The lowest BCUT2D eigenvalue weighted by atomic mass is 9.94. The van der Waals surface area contributed by atoms with Gasteiger partial charge in [0, 0.05) is 25.2 Å². The lowest BCUT2D eigenvalue weighted by Gasteiger charge is -2.40. The summed E-state index contributed by atoms with van der Waals surface area (Å²) >= 11 is 0. The number of oxime groups is 1. The number of ether oxygens (including phenoxy) is 2. The fourth-order valence-corrected chi connectivity index (χ4v) is 5.82. The van der Waals surface area contributed by atoms with E-state index in [0.717, 1.165) is 53.4 Å². The number of nitrogens with one attached hydrogen (secondary N) is 1. The minimum atomic E-state index is -0.987. The first-order valence-electron chi connectivity index (χ1n) is 14.9. The van der Waals surface area contributed by atoms with Crippen molar-refractivity contribution in [1.29, 1.82) is 0 Å². The summed E-state index contributed by atoms with van der Waals surface area (Å²) in [7, 11) is 1.68. The van der Waals surface area contributed by atoms with Gasteiger partial charge in [0.05, 0.1) is 37.3 Å². The molecule has 0 amide bonds. The van der Waals surface area contributed by atoms with Crippen molar-refractivity contribution in [2.45, 2.75) is 31.5 Å². The second-order valence-electron chi connectivity index (χ2n) is 11.1. The predicted octanol–water partition coefficient (Wildman–Crippen LogP) is 5.19. The molecule has 1 unspecified atom stereocenters. The van der Waals surface area contributed by atoms with Crippen molar-refractivity contribution in [3.8, 4) is 5.75 Å². The normalized spacial score (nSPS) is 21.7. The molecule has 0 spiro atoms. The molecule has 3 heterocycles. The predicted molar refractivity (Wildman–Crippen MR) is 168 cm³/mol. The van der Waals surface area contributed by atoms with Crippen molar-refractivity contribution in [1.82, 2.24) is 10.2 Å². The summed E-state index contributed by atoms with van der Waals surface area (Å²) in [6, 6.07) is 21.6. The fourth-order valence-electron chi connectivity index (χ4n) is 5.82. The molecule has 0 aromatic heterocycles.